The van der Waals surface area contributed by atoms with E-state index in [-0.39, 0.29) is 6.10 Å². The van der Waals surface area contributed by atoms with Crippen LogP contribution < -0.4 is 19.5 Å². The highest BCUT2D eigenvalue weighted by atomic mass is 16.5. The zero-order valence-corrected chi connectivity index (χ0v) is 17.2. The molecule has 1 aromatic heterocycles. The van der Waals surface area contributed by atoms with Gasteiger partial charge in [-0.2, -0.15) is 0 Å². The lowest BCUT2D eigenvalue weighted by molar-refractivity contribution is 0.242. The zero-order chi connectivity index (χ0) is 20.5. The van der Waals surface area contributed by atoms with Crippen molar-refractivity contribution in [1.29, 1.82) is 0 Å². The van der Waals surface area contributed by atoms with Gasteiger partial charge in [-0.15, -0.1) is 0 Å². The van der Waals surface area contributed by atoms with Crippen molar-refractivity contribution >= 4 is 0 Å². The van der Waals surface area contributed by atoms with Crippen LogP contribution in [0.25, 0.3) is 0 Å². The van der Waals surface area contributed by atoms with Crippen molar-refractivity contribution in [2.45, 2.75) is 39.6 Å². The number of ether oxygens (including phenoxy) is 3. The Morgan fingerprint density at radius 3 is 2.21 bits per heavy atom. The average molecular weight is 392 g/mol. The van der Waals surface area contributed by atoms with Gasteiger partial charge in [0.25, 0.3) is 0 Å². The molecule has 0 aliphatic rings. The molecule has 0 spiro atoms. The van der Waals surface area contributed by atoms with E-state index in [1.54, 1.807) is 19.5 Å². The monoisotopic (exact) mass is 392 g/mol. The molecule has 1 heterocycles. The quantitative estimate of drug-likeness (QED) is 0.540. The Morgan fingerprint density at radius 1 is 0.828 bits per heavy atom. The van der Waals surface area contributed by atoms with Crippen molar-refractivity contribution in [2.24, 2.45) is 0 Å². The fraction of sp³-hybridized carbons (Fsp3) is 0.292. The molecule has 0 aliphatic carbocycles. The van der Waals surface area contributed by atoms with Crippen LogP contribution in [0.15, 0.2) is 67.0 Å². The summed E-state index contributed by atoms with van der Waals surface area (Å²) in [5, 5.41) is 3.46. The molecule has 2 aromatic carbocycles. The lowest BCUT2D eigenvalue weighted by Gasteiger charge is -2.13. The molecular formula is C24H28N2O3. The van der Waals surface area contributed by atoms with E-state index in [1.165, 1.54) is 5.56 Å². The number of nitrogens with one attached hydrogen (secondary N) is 1. The number of aromatic nitrogens is 1. The van der Waals surface area contributed by atoms with Crippen molar-refractivity contribution in [3.8, 4) is 17.2 Å². The lowest BCUT2D eigenvalue weighted by Crippen LogP contribution is -2.13. The molecule has 0 saturated heterocycles. The van der Waals surface area contributed by atoms with Gasteiger partial charge in [0.05, 0.1) is 13.2 Å². The van der Waals surface area contributed by atoms with Crippen molar-refractivity contribution in [3.63, 3.8) is 0 Å². The van der Waals surface area contributed by atoms with E-state index in [1.807, 2.05) is 50.2 Å². The number of nitrogens with zero attached hydrogens (tertiary/aromatic N) is 1. The molecule has 0 amide bonds. The Hall–Kier alpha value is -3.05. The van der Waals surface area contributed by atoms with Gasteiger partial charge in [-0.1, -0.05) is 18.2 Å². The van der Waals surface area contributed by atoms with E-state index in [0.717, 1.165) is 41.5 Å². The third kappa shape index (κ3) is 6.50. The first kappa shape index (κ1) is 20.7. The van der Waals surface area contributed by atoms with Crippen LogP contribution in [0, 0.1) is 0 Å². The van der Waals surface area contributed by atoms with Crippen molar-refractivity contribution in [3.05, 3.63) is 83.7 Å². The molecule has 5 heteroatoms. The Balaban J connectivity index is 1.52. The van der Waals surface area contributed by atoms with Crippen LogP contribution in [-0.2, 0) is 19.7 Å². The molecule has 3 aromatic rings. The van der Waals surface area contributed by atoms with Gasteiger partial charge in [-0.3, -0.25) is 4.98 Å². The second kappa shape index (κ2) is 10.5. The first-order chi connectivity index (χ1) is 14.1. The predicted octanol–water partition coefficient (Wildman–Crippen LogP) is 4.75. The predicted molar refractivity (Wildman–Crippen MR) is 114 cm³/mol. The third-order valence-corrected chi connectivity index (χ3v) is 4.33. The first-order valence-corrected chi connectivity index (χ1v) is 9.79. The standard InChI is InChI=1S/C24H28N2O3/c1-18(2)29-22-7-4-19(5-8-22)15-26-16-21-6-9-23(24(14-21)27-3)28-17-20-10-12-25-13-11-20/h4-14,18,26H,15-17H2,1-3H3. The van der Waals surface area contributed by atoms with E-state index < -0.39 is 0 Å². The molecule has 29 heavy (non-hydrogen) atoms. The molecule has 1 N–H and O–H groups in total. The number of hydrogen-bond acceptors (Lipinski definition) is 5. The highest BCUT2D eigenvalue weighted by Gasteiger charge is 2.07. The number of rotatable bonds is 10. The zero-order valence-electron chi connectivity index (χ0n) is 17.2. The minimum absolute atomic E-state index is 0.186. The van der Waals surface area contributed by atoms with Crippen molar-refractivity contribution < 1.29 is 14.2 Å². The van der Waals surface area contributed by atoms with Crippen LogP contribution in [-0.4, -0.2) is 18.2 Å². The van der Waals surface area contributed by atoms with Gasteiger partial charge in [-0.05, 0) is 66.9 Å². The van der Waals surface area contributed by atoms with Crippen LogP contribution in [0.3, 0.4) is 0 Å². The molecule has 0 radical (unpaired) electrons. The molecular weight excluding hydrogens is 364 g/mol. The SMILES string of the molecule is COc1cc(CNCc2ccc(OC(C)C)cc2)ccc1OCc1ccncc1. The second-order valence-corrected chi connectivity index (χ2v) is 7.04. The van der Waals surface area contributed by atoms with Gasteiger partial charge in [0.2, 0.25) is 0 Å². The summed E-state index contributed by atoms with van der Waals surface area (Å²) in [5.74, 6) is 2.36. The van der Waals surface area contributed by atoms with E-state index in [2.05, 4.69) is 28.5 Å². The van der Waals surface area contributed by atoms with Crippen LogP contribution in [0.1, 0.15) is 30.5 Å². The van der Waals surface area contributed by atoms with Gasteiger partial charge in [-0.25, -0.2) is 0 Å². The summed E-state index contributed by atoms with van der Waals surface area (Å²) in [6.45, 7) is 6.06. The number of methoxy groups -OCH3 is 1. The summed E-state index contributed by atoms with van der Waals surface area (Å²) in [4.78, 5) is 4.02. The van der Waals surface area contributed by atoms with Crippen molar-refractivity contribution in [1.82, 2.24) is 10.3 Å². The van der Waals surface area contributed by atoms with Gasteiger partial charge >= 0.3 is 0 Å². The smallest absolute Gasteiger partial charge is 0.161 e. The van der Waals surface area contributed by atoms with Crippen LogP contribution >= 0.6 is 0 Å². The maximum atomic E-state index is 5.90. The Labute approximate surface area is 172 Å². The van der Waals surface area contributed by atoms with E-state index in [4.69, 9.17) is 14.2 Å². The van der Waals surface area contributed by atoms with Gasteiger partial charge in [0.15, 0.2) is 11.5 Å². The van der Waals surface area contributed by atoms with Gasteiger partial charge in [0, 0.05) is 25.5 Å². The largest absolute Gasteiger partial charge is 0.493 e. The Bertz CT molecular complexity index is 880. The maximum Gasteiger partial charge on any atom is 0.161 e. The summed E-state index contributed by atoms with van der Waals surface area (Å²) in [6, 6.07) is 18.1. The average Bonchev–Trinajstić information content (AvgIpc) is 2.74. The van der Waals surface area contributed by atoms with Gasteiger partial charge < -0.3 is 19.5 Å². The maximum absolute atomic E-state index is 5.90. The number of benzene rings is 2. The van der Waals surface area contributed by atoms with Crippen LogP contribution in [0.4, 0.5) is 0 Å². The molecule has 3 rings (SSSR count). The van der Waals surface area contributed by atoms with E-state index in [0.29, 0.717) is 6.61 Å². The topological polar surface area (TPSA) is 52.6 Å². The molecule has 0 fully saturated rings. The van der Waals surface area contributed by atoms with E-state index in [9.17, 15) is 0 Å². The van der Waals surface area contributed by atoms with Crippen LogP contribution in [0.5, 0.6) is 17.2 Å². The fourth-order valence-corrected chi connectivity index (χ4v) is 2.89. The highest BCUT2D eigenvalue weighted by Crippen LogP contribution is 2.29. The normalized spacial score (nSPS) is 10.8. The van der Waals surface area contributed by atoms with Gasteiger partial charge in [0.1, 0.15) is 12.4 Å². The summed E-state index contributed by atoms with van der Waals surface area (Å²) in [7, 11) is 1.66. The lowest BCUT2D eigenvalue weighted by atomic mass is 10.1. The molecule has 0 atom stereocenters. The third-order valence-electron chi connectivity index (χ3n) is 4.33. The first-order valence-electron chi connectivity index (χ1n) is 9.79. The molecule has 0 unspecified atom stereocenters. The van der Waals surface area contributed by atoms with Crippen LogP contribution in [0.2, 0.25) is 0 Å². The molecule has 0 aliphatic heterocycles. The Kier molecular flexibility index (Phi) is 7.47. The molecule has 0 saturated carbocycles. The minimum atomic E-state index is 0.186. The van der Waals surface area contributed by atoms with E-state index >= 15 is 0 Å². The highest BCUT2D eigenvalue weighted by molar-refractivity contribution is 5.43. The number of pyridine rings is 1. The molecule has 152 valence electrons. The summed E-state index contributed by atoms with van der Waals surface area (Å²) >= 11 is 0. The fourth-order valence-electron chi connectivity index (χ4n) is 2.89. The summed E-state index contributed by atoms with van der Waals surface area (Å²) in [6.07, 6.45) is 3.70. The molecule has 5 nitrogen and oxygen atoms in total. The molecule has 0 bridgehead atoms. The van der Waals surface area contributed by atoms with Crippen molar-refractivity contribution in [2.75, 3.05) is 7.11 Å². The minimum Gasteiger partial charge on any atom is -0.493 e. The Morgan fingerprint density at radius 2 is 1.52 bits per heavy atom. The number of hydrogen-bond donors (Lipinski definition) is 1. The summed E-state index contributed by atoms with van der Waals surface area (Å²) < 4.78 is 17.1. The second-order valence-electron chi connectivity index (χ2n) is 7.04. The summed E-state index contributed by atoms with van der Waals surface area (Å²) in [5.41, 5.74) is 3.42.